The Morgan fingerprint density at radius 2 is 1.19 bits per heavy atom. The third-order valence-corrected chi connectivity index (χ3v) is 21.0. The predicted molar refractivity (Wildman–Crippen MR) is 471 cm³/mol. The van der Waals surface area contributed by atoms with E-state index in [2.05, 4.69) is 83.6 Å². The molecule has 660 valence electrons. The van der Waals surface area contributed by atoms with Gasteiger partial charge in [0.15, 0.2) is 11.6 Å². The molecule has 6 rings (SSSR count). The summed E-state index contributed by atoms with van der Waals surface area (Å²) in [6, 6.07) is 9.71. The first-order chi connectivity index (χ1) is 54.8. The molecule has 1 N–H and O–H groups in total. The highest BCUT2D eigenvalue weighted by Gasteiger charge is 2.27. The quantitative estimate of drug-likeness (QED) is 0.0181. The molecule has 0 bridgehead atoms. The van der Waals surface area contributed by atoms with Gasteiger partial charge in [-0.25, -0.2) is 14.4 Å². The van der Waals surface area contributed by atoms with E-state index >= 15 is 0 Å². The molecular weight excluding hydrogens is 1510 g/mol. The predicted octanol–water partition coefficient (Wildman–Crippen LogP) is 22.9. The Balaban J connectivity index is -0.000000397. The van der Waals surface area contributed by atoms with Gasteiger partial charge in [-0.2, -0.15) is 18.0 Å². The van der Waals surface area contributed by atoms with Crippen LogP contribution in [0.3, 0.4) is 0 Å². The van der Waals surface area contributed by atoms with Gasteiger partial charge < -0.3 is 18.9 Å². The zero-order valence-electron chi connectivity index (χ0n) is 76.6. The maximum Gasteiger partial charge on any atom is 0.373 e. The molecular formula is C94H148N2O20S. The van der Waals surface area contributed by atoms with Crippen molar-refractivity contribution >= 4 is 57.5 Å². The van der Waals surface area contributed by atoms with Gasteiger partial charge in [0.2, 0.25) is 11.7 Å². The van der Waals surface area contributed by atoms with Gasteiger partial charge in [-0.15, -0.1) is 0 Å². The van der Waals surface area contributed by atoms with Crippen molar-refractivity contribution in [3.63, 3.8) is 0 Å². The number of ketones is 3. The van der Waals surface area contributed by atoms with Crippen LogP contribution in [-0.2, 0) is 72.2 Å². The van der Waals surface area contributed by atoms with Gasteiger partial charge in [0.05, 0.1) is 42.1 Å². The summed E-state index contributed by atoms with van der Waals surface area (Å²) in [6.45, 7) is 52.8. The smallest absolute Gasteiger partial charge is 0.373 e. The number of methoxy groups -OCH3 is 2. The fraction of sp³-hybridized carbons (Fsp3) is 0.596. The lowest BCUT2D eigenvalue weighted by molar-refractivity contribution is -0.504. The lowest BCUT2D eigenvalue weighted by Crippen LogP contribution is -2.17. The van der Waals surface area contributed by atoms with Gasteiger partial charge in [0, 0.05) is 47.3 Å². The Bertz CT molecular complexity index is 3730. The molecule has 23 heteroatoms. The standard InChI is InChI=1S/C14H18O.C11H16O2.C10H17NO2.C10H14O2.C9H18O3S.C9H14O.C8H12O2.C8H14O2.C8H14O.C6H11NO2.CO2/c1-4-13(12(3)15)10-11(2)14-8-6-5-7-9-14;1-7-5-6-8(2)10(9(7)3)11(12)13-4;1-3-10(11(12)13)9-7-5-4-6-8(9)2;1-4-12-10(11)9-6-7(2)5-8(9)3;1-6(2)8(5)9(7(3)4)13(10,11)12;1-3-7-5-6-9(10)8(7)4-2;1-3-6-5-10-8(9)7(6)4-2;1-4-5-6-7(2)8(9)10-3;1-4-5-6-7(2)8(3)9;1-3-4-5-6(2)7(8)9;2-1-3/h5-11H,4H2,1-3H3;5,8H,6H2,1-4H3;8H,3-7H2,1-2H3;5-7H,4H2,1-3H3;6-7H,1-5H3,(H,10,11,12);3-6H2,1-2H3;3-5H2,1-2H3;5-7H,4H2,1-3H3;5-7H,4H2,1-3H3;4-6H,3H2,1-2H3;/b13-10+;;10-9+;;9-8+;;;2*6-5-;5-4-;. The van der Waals surface area contributed by atoms with Crippen molar-refractivity contribution in [2.45, 2.75) is 302 Å². The number of nitrogens with zero attached hydrogens (tertiary/aromatic N) is 2. The number of hydrogen-bond donors (Lipinski definition) is 1. The number of hydrogen-bond acceptors (Lipinski definition) is 19. The number of Topliss-reactive ketones (excluding diaryl/α,β-unsaturated/α-hetero) is 3. The van der Waals surface area contributed by atoms with Crippen LogP contribution < -0.4 is 0 Å². The maximum atomic E-state index is 11.4. The van der Waals surface area contributed by atoms with Crippen LogP contribution in [-0.4, -0.2) is 104 Å². The lowest BCUT2D eigenvalue weighted by Gasteiger charge is -2.21. The van der Waals surface area contributed by atoms with Crippen LogP contribution >= 0.6 is 0 Å². The minimum Gasteiger partial charge on any atom is -0.469 e. The average Bonchev–Trinajstić information content (AvgIpc) is 1.82. The number of benzene rings is 1. The second-order valence-electron chi connectivity index (χ2n) is 29.3. The van der Waals surface area contributed by atoms with Crippen LogP contribution in [0.2, 0.25) is 0 Å². The van der Waals surface area contributed by atoms with Crippen LogP contribution in [0, 0.1) is 61.7 Å². The number of ether oxygens (including phenoxy) is 4. The van der Waals surface area contributed by atoms with Crippen LogP contribution in [0.1, 0.15) is 301 Å². The van der Waals surface area contributed by atoms with Crippen LogP contribution in [0.4, 0.5) is 0 Å². The molecule has 0 amide bonds. The van der Waals surface area contributed by atoms with Crippen LogP contribution in [0.15, 0.2) is 169 Å². The monoisotopic (exact) mass is 1660 g/mol. The van der Waals surface area contributed by atoms with Gasteiger partial charge in [0.25, 0.3) is 10.1 Å². The summed E-state index contributed by atoms with van der Waals surface area (Å²) in [5.41, 5.74) is 13.9. The molecule has 22 nitrogen and oxygen atoms in total. The number of carbonyl (C=O) groups is 7. The van der Waals surface area contributed by atoms with Crippen molar-refractivity contribution in [3.05, 3.63) is 194 Å². The van der Waals surface area contributed by atoms with Crippen LogP contribution in [0.5, 0.6) is 0 Å². The molecule has 1 aromatic rings. The normalized spacial score (nSPS) is 17.7. The number of rotatable bonds is 25. The van der Waals surface area contributed by atoms with Gasteiger partial charge in [-0.05, 0) is 214 Å². The summed E-state index contributed by atoms with van der Waals surface area (Å²) < 4.78 is 50.0. The van der Waals surface area contributed by atoms with E-state index in [1.165, 1.54) is 42.9 Å². The fourth-order valence-corrected chi connectivity index (χ4v) is 13.5. The second kappa shape index (κ2) is 67.0. The summed E-state index contributed by atoms with van der Waals surface area (Å²) in [5.74, 6) is 1.49. The highest BCUT2D eigenvalue weighted by Crippen LogP contribution is 2.34. The first kappa shape index (κ1) is 117. The molecule has 0 saturated heterocycles. The fourth-order valence-electron chi connectivity index (χ4n) is 12.3. The summed E-state index contributed by atoms with van der Waals surface area (Å²) in [4.78, 5) is 114. The molecule has 4 aliphatic carbocycles. The molecule has 5 aliphatic rings. The highest BCUT2D eigenvalue weighted by molar-refractivity contribution is 7.89. The Hall–Kier alpha value is -8.92. The molecule has 117 heavy (non-hydrogen) atoms. The third kappa shape index (κ3) is 49.8. The lowest BCUT2D eigenvalue weighted by atomic mass is 9.84. The zero-order valence-corrected chi connectivity index (χ0v) is 77.4. The van der Waals surface area contributed by atoms with E-state index in [0.29, 0.717) is 48.9 Å². The number of esters is 4. The number of carbonyl (C=O) groups excluding carboxylic acids is 9. The molecule has 7 unspecified atom stereocenters. The van der Waals surface area contributed by atoms with Crippen molar-refractivity contribution in [3.8, 4) is 0 Å². The van der Waals surface area contributed by atoms with E-state index in [9.17, 15) is 62.2 Å². The van der Waals surface area contributed by atoms with Crippen molar-refractivity contribution in [2.75, 3.05) is 27.4 Å². The largest absolute Gasteiger partial charge is 0.469 e. The van der Waals surface area contributed by atoms with E-state index in [0.717, 1.165) is 140 Å². The molecule has 1 saturated carbocycles. The van der Waals surface area contributed by atoms with E-state index in [1.807, 2.05) is 146 Å². The first-order valence-corrected chi connectivity index (χ1v) is 42.9. The maximum absolute atomic E-state index is 11.4. The van der Waals surface area contributed by atoms with Crippen molar-refractivity contribution < 1.29 is 84.9 Å². The molecule has 7 atom stereocenters. The molecule has 1 aromatic carbocycles. The summed E-state index contributed by atoms with van der Waals surface area (Å²) in [6.07, 6.45) is 34.7. The van der Waals surface area contributed by atoms with Crippen molar-refractivity contribution in [1.82, 2.24) is 0 Å². The van der Waals surface area contributed by atoms with E-state index < -0.39 is 16.2 Å². The molecule has 1 aliphatic heterocycles. The number of cyclic esters (lactones) is 1. The minimum atomic E-state index is -4.03. The molecule has 0 aromatic heterocycles. The molecule has 0 radical (unpaired) electrons. The van der Waals surface area contributed by atoms with Crippen molar-refractivity contribution in [2.24, 2.45) is 41.4 Å². The summed E-state index contributed by atoms with van der Waals surface area (Å²) in [7, 11) is -1.19. The Morgan fingerprint density at radius 3 is 1.56 bits per heavy atom. The number of allylic oxidation sites excluding steroid dienone is 17. The van der Waals surface area contributed by atoms with E-state index in [1.54, 1.807) is 53.7 Å². The third-order valence-electron chi connectivity index (χ3n) is 19.6. The van der Waals surface area contributed by atoms with E-state index in [-0.39, 0.29) is 85.9 Å². The summed E-state index contributed by atoms with van der Waals surface area (Å²) in [5, 5.41) is 20.7. The van der Waals surface area contributed by atoms with Gasteiger partial charge in [0.1, 0.15) is 12.4 Å². The van der Waals surface area contributed by atoms with Gasteiger partial charge >= 0.3 is 30.0 Å². The SMILES string of the molecule is C/C(=C(/C(C)C)S(=O)(=O)O)C(C)C.CC/C(=C1/CCCCC1C)[N+](=O)[O-].CC/C(=C\C(C)c1ccccc1)C(C)=O.CC/C=C\C(C)C(=O)OC.CC/C=C\C(C)C(C)=O.CC/C=C\C(C)[N+](=O)[O-].CCC1=C(CC)C(=O)CC1.CCC1=C(CC)C(=O)OC1.CCOC(=O)C1=CC(C)C=C1C.COC(=O)C1=C(C)C(C)=CCC1C.O=C=O. The highest BCUT2D eigenvalue weighted by atomic mass is 32.2. The average molecular weight is 1660 g/mol. The first-order valence-electron chi connectivity index (χ1n) is 41.5. The van der Waals surface area contributed by atoms with Crippen molar-refractivity contribution in [1.29, 1.82) is 0 Å². The van der Waals surface area contributed by atoms with Crippen LogP contribution in [0.25, 0.3) is 0 Å². The molecule has 1 fully saturated rings. The molecule has 1 heterocycles. The molecule has 0 spiro atoms. The second-order valence-corrected chi connectivity index (χ2v) is 30.7. The topological polar surface area (TPSA) is 331 Å². The zero-order chi connectivity index (χ0) is 91.4. The van der Waals surface area contributed by atoms with Gasteiger partial charge in [-0.3, -0.25) is 44.0 Å². The summed E-state index contributed by atoms with van der Waals surface area (Å²) >= 11 is 0. The Kier molecular flexibility index (Phi) is 66.8. The Labute approximate surface area is 703 Å². The van der Waals surface area contributed by atoms with Gasteiger partial charge in [-0.1, -0.05) is 233 Å². The minimum absolute atomic E-state index is 0.102. The number of nitro groups is 2. The Morgan fingerprint density at radius 1 is 0.658 bits per heavy atom. The van der Waals surface area contributed by atoms with E-state index in [4.69, 9.17) is 28.4 Å².